The number of benzene rings is 2. The number of halogens is 1. The van der Waals surface area contributed by atoms with Gasteiger partial charge in [-0.25, -0.2) is 0 Å². The van der Waals surface area contributed by atoms with Gasteiger partial charge in [-0.15, -0.1) is 0 Å². The number of carbonyl (C=O) groups is 1. The van der Waals surface area contributed by atoms with Gasteiger partial charge in [0.25, 0.3) is 0 Å². The van der Waals surface area contributed by atoms with Crippen molar-refractivity contribution in [3.8, 4) is 17.2 Å². The summed E-state index contributed by atoms with van der Waals surface area (Å²) in [5, 5.41) is 0.379. The van der Waals surface area contributed by atoms with E-state index < -0.39 is 0 Å². The molecule has 0 aliphatic rings. The van der Waals surface area contributed by atoms with Crippen molar-refractivity contribution in [2.45, 2.75) is 13.8 Å². The monoisotopic (exact) mass is 290 g/mol. The maximum absolute atomic E-state index is 11.3. The molecule has 104 valence electrons. The highest BCUT2D eigenvalue weighted by atomic mass is 35.5. The second kappa shape index (κ2) is 6.44. The highest BCUT2D eigenvalue weighted by molar-refractivity contribution is 6.34. The Morgan fingerprint density at radius 3 is 2.45 bits per heavy atom. The van der Waals surface area contributed by atoms with Crippen molar-refractivity contribution in [1.82, 2.24) is 0 Å². The van der Waals surface area contributed by atoms with E-state index in [4.69, 9.17) is 21.1 Å². The van der Waals surface area contributed by atoms with E-state index in [1.54, 1.807) is 18.2 Å². The van der Waals surface area contributed by atoms with Crippen LogP contribution in [-0.4, -0.2) is 12.4 Å². The fourth-order valence-corrected chi connectivity index (χ4v) is 2.08. The quantitative estimate of drug-likeness (QED) is 0.747. The van der Waals surface area contributed by atoms with Gasteiger partial charge in [0.15, 0.2) is 17.3 Å². The Kier molecular flexibility index (Phi) is 4.64. The molecule has 2 aromatic rings. The molecule has 0 saturated heterocycles. The van der Waals surface area contributed by atoms with Gasteiger partial charge in [0, 0.05) is 11.6 Å². The molecule has 4 heteroatoms. The summed E-state index contributed by atoms with van der Waals surface area (Å²) in [5.74, 6) is 1.77. The number of para-hydroxylation sites is 2. The molecule has 0 aliphatic carbocycles. The molecule has 0 radical (unpaired) electrons. The highest BCUT2D eigenvalue weighted by Gasteiger charge is 2.09. The van der Waals surface area contributed by atoms with Crippen LogP contribution in [0.25, 0.3) is 0 Å². The molecule has 0 amide bonds. The first-order chi connectivity index (χ1) is 9.61. The van der Waals surface area contributed by atoms with Crippen LogP contribution in [0, 0.1) is 0 Å². The number of hydrogen-bond donors (Lipinski definition) is 0. The lowest BCUT2D eigenvalue weighted by atomic mass is 10.1. The zero-order valence-corrected chi connectivity index (χ0v) is 12.1. The summed E-state index contributed by atoms with van der Waals surface area (Å²) in [6, 6.07) is 12.4. The molecule has 0 heterocycles. The summed E-state index contributed by atoms with van der Waals surface area (Å²) >= 11 is 6.06. The van der Waals surface area contributed by atoms with Crippen LogP contribution in [0.2, 0.25) is 5.02 Å². The largest absolute Gasteiger partial charge is 0.490 e. The zero-order chi connectivity index (χ0) is 14.5. The van der Waals surface area contributed by atoms with E-state index in [1.807, 2.05) is 31.2 Å². The van der Waals surface area contributed by atoms with Gasteiger partial charge in [-0.05, 0) is 38.1 Å². The summed E-state index contributed by atoms with van der Waals surface area (Å²) in [7, 11) is 0. The third kappa shape index (κ3) is 3.31. The number of rotatable bonds is 5. The Bertz CT molecular complexity index is 623. The van der Waals surface area contributed by atoms with Crippen LogP contribution in [0.1, 0.15) is 24.2 Å². The molecule has 20 heavy (non-hydrogen) atoms. The summed E-state index contributed by atoms with van der Waals surface area (Å²) in [6.45, 7) is 3.95. The predicted molar refractivity (Wildman–Crippen MR) is 79.1 cm³/mol. The van der Waals surface area contributed by atoms with Crippen LogP contribution >= 0.6 is 11.6 Å². The number of ether oxygens (including phenoxy) is 2. The van der Waals surface area contributed by atoms with Gasteiger partial charge in [-0.3, -0.25) is 4.79 Å². The summed E-state index contributed by atoms with van der Waals surface area (Å²) in [5.41, 5.74) is 0.483. The van der Waals surface area contributed by atoms with Crippen molar-refractivity contribution in [2.24, 2.45) is 0 Å². The second-order valence-corrected chi connectivity index (χ2v) is 4.59. The van der Waals surface area contributed by atoms with Gasteiger partial charge in [0.05, 0.1) is 11.6 Å². The van der Waals surface area contributed by atoms with E-state index in [1.165, 1.54) is 6.92 Å². The third-order valence-electron chi connectivity index (χ3n) is 2.70. The lowest BCUT2D eigenvalue weighted by molar-refractivity contribution is 0.101. The molecule has 0 fully saturated rings. The normalized spacial score (nSPS) is 10.2. The molecule has 0 saturated carbocycles. The summed E-state index contributed by atoms with van der Waals surface area (Å²) in [4.78, 5) is 11.3. The van der Waals surface area contributed by atoms with Crippen LogP contribution in [0.4, 0.5) is 0 Å². The van der Waals surface area contributed by atoms with Crippen molar-refractivity contribution >= 4 is 17.4 Å². The minimum Gasteiger partial charge on any atom is -0.490 e. The van der Waals surface area contributed by atoms with Gasteiger partial charge in [0.1, 0.15) is 5.75 Å². The Hall–Kier alpha value is -2.00. The SMILES string of the molecule is CCOc1ccccc1Oc1ccc(C(C)=O)c(Cl)c1. The van der Waals surface area contributed by atoms with Gasteiger partial charge >= 0.3 is 0 Å². The third-order valence-corrected chi connectivity index (χ3v) is 3.01. The molecule has 2 aromatic carbocycles. The van der Waals surface area contributed by atoms with Gasteiger partial charge in [-0.2, -0.15) is 0 Å². The molecule has 0 spiro atoms. The average Bonchev–Trinajstić information content (AvgIpc) is 2.41. The van der Waals surface area contributed by atoms with Crippen LogP contribution in [0.15, 0.2) is 42.5 Å². The fraction of sp³-hybridized carbons (Fsp3) is 0.188. The minimum absolute atomic E-state index is 0.0729. The molecular weight excluding hydrogens is 276 g/mol. The fourth-order valence-electron chi connectivity index (χ4n) is 1.78. The Labute approximate surface area is 123 Å². The first kappa shape index (κ1) is 14.4. The van der Waals surface area contributed by atoms with E-state index in [0.29, 0.717) is 34.4 Å². The molecule has 3 nitrogen and oxygen atoms in total. The maximum atomic E-state index is 11.3. The Balaban J connectivity index is 2.26. The molecular formula is C16H15ClO3. The number of ketones is 1. The summed E-state index contributed by atoms with van der Waals surface area (Å²) < 4.78 is 11.2. The number of Topliss-reactive ketones (excluding diaryl/α,β-unsaturated/α-hetero) is 1. The maximum Gasteiger partial charge on any atom is 0.169 e. The van der Waals surface area contributed by atoms with Crippen molar-refractivity contribution in [3.63, 3.8) is 0 Å². The smallest absolute Gasteiger partial charge is 0.169 e. The van der Waals surface area contributed by atoms with E-state index in [0.717, 1.165) is 0 Å². The lowest BCUT2D eigenvalue weighted by Crippen LogP contribution is -1.96. The van der Waals surface area contributed by atoms with Crippen molar-refractivity contribution in [3.05, 3.63) is 53.1 Å². The van der Waals surface area contributed by atoms with Crippen molar-refractivity contribution in [1.29, 1.82) is 0 Å². The van der Waals surface area contributed by atoms with Crippen LogP contribution in [0.5, 0.6) is 17.2 Å². The van der Waals surface area contributed by atoms with Crippen molar-refractivity contribution < 1.29 is 14.3 Å². The molecule has 0 N–H and O–H groups in total. The topological polar surface area (TPSA) is 35.5 Å². The number of carbonyl (C=O) groups excluding carboxylic acids is 1. The number of hydrogen-bond acceptors (Lipinski definition) is 3. The van der Waals surface area contributed by atoms with E-state index in [9.17, 15) is 4.79 Å². The molecule has 0 unspecified atom stereocenters. The Morgan fingerprint density at radius 2 is 1.85 bits per heavy atom. The molecule has 0 aliphatic heterocycles. The van der Waals surface area contributed by atoms with E-state index in [2.05, 4.69) is 0 Å². The second-order valence-electron chi connectivity index (χ2n) is 4.18. The molecule has 0 atom stereocenters. The van der Waals surface area contributed by atoms with Gasteiger partial charge < -0.3 is 9.47 Å². The average molecular weight is 291 g/mol. The molecule has 0 bridgehead atoms. The van der Waals surface area contributed by atoms with Crippen LogP contribution in [-0.2, 0) is 0 Å². The molecule has 0 aromatic heterocycles. The summed E-state index contributed by atoms with van der Waals surface area (Å²) in [6.07, 6.45) is 0. The lowest BCUT2D eigenvalue weighted by Gasteiger charge is -2.12. The van der Waals surface area contributed by atoms with E-state index in [-0.39, 0.29) is 5.78 Å². The van der Waals surface area contributed by atoms with Crippen molar-refractivity contribution in [2.75, 3.05) is 6.61 Å². The van der Waals surface area contributed by atoms with Gasteiger partial charge in [-0.1, -0.05) is 23.7 Å². The first-order valence-corrected chi connectivity index (χ1v) is 6.69. The Morgan fingerprint density at radius 1 is 1.15 bits per heavy atom. The highest BCUT2D eigenvalue weighted by Crippen LogP contribution is 2.33. The molecule has 2 rings (SSSR count). The first-order valence-electron chi connectivity index (χ1n) is 6.32. The standard InChI is InChI=1S/C16H15ClO3/c1-3-19-15-6-4-5-7-16(15)20-12-8-9-13(11(2)18)14(17)10-12/h4-10H,3H2,1-2H3. The minimum atomic E-state index is -0.0729. The van der Waals surface area contributed by atoms with Crippen LogP contribution < -0.4 is 9.47 Å². The van der Waals surface area contributed by atoms with E-state index >= 15 is 0 Å². The zero-order valence-electron chi connectivity index (χ0n) is 11.4. The van der Waals surface area contributed by atoms with Gasteiger partial charge in [0.2, 0.25) is 0 Å². The predicted octanol–water partition coefficient (Wildman–Crippen LogP) is 4.73. The van der Waals surface area contributed by atoms with Crippen LogP contribution in [0.3, 0.4) is 0 Å².